The van der Waals surface area contributed by atoms with E-state index in [1.807, 2.05) is 66.7 Å². The van der Waals surface area contributed by atoms with Crippen molar-refractivity contribution in [2.75, 3.05) is 14.2 Å². The molecule has 0 spiro atoms. The maximum Gasteiger partial charge on any atom is 0.236 e. The molecule has 0 atom stereocenters. The topological polar surface area (TPSA) is 35.5 Å². The Morgan fingerprint density at radius 1 is 0.769 bits per heavy atom. The quantitative estimate of drug-likeness (QED) is 0.513. The fourth-order valence-electron chi connectivity index (χ4n) is 2.73. The standard InChI is InChI=1S/C23H18O3/c1-25-22-14-8-13-20(23(22)26-2)18-11-6-7-12-19(18)21(24)16-15-17-9-4-3-5-10-17/h3-14H,1-2H3. The third-order valence-corrected chi connectivity index (χ3v) is 3.96. The Morgan fingerprint density at radius 3 is 2.19 bits per heavy atom. The Balaban J connectivity index is 2.05. The summed E-state index contributed by atoms with van der Waals surface area (Å²) in [6.07, 6.45) is 0. The highest BCUT2D eigenvalue weighted by atomic mass is 16.5. The van der Waals surface area contributed by atoms with E-state index >= 15 is 0 Å². The SMILES string of the molecule is COc1cccc(-c2ccccc2C(=O)C#Cc2ccccc2)c1OC. The zero-order chi connectivity index (χ0) is 18.4. The van der Waals surface area contributed by atoms with E-state index in [0.29, 0.717) is 17.1 Å². The van der Waals surface area contributed by atoms with Gasteiger partial charge in [0.1, 0.15) is 0 Å². The van der Waals surface area contributed by atoms with Crippen molar-refractivity contribution < 1.29 is 14.3 Å². The molecular formula is C23H18O3. The molecule has 0 fully saturated rings. The van der Waals surface area contributed by atoms with E-state index in [1.165, 1.54) is 0 Å². The summed E-state index contributed by atoms with van der Waals surface area (Å²) in [7, 11) is 3.17. The highest BCUT2D eigenvalue weighted by Crippen LogP contribution is 2.39. The van der Waals surface area contributed by atoms with Crippen molar-refractivity contribution in [3.8, 4) is 34.5 Å². The van der Waals surface area contributed by atoms with Crippen molar-refractivity contribution in [3.05, 3.63) is 83.9 Å². The first-order valence-electron chi connectivity index (χ1n) is 8.16. The molecule has 0 bridgehead atoms. The van der Waals surface area contributed by atoms with Gasteiger partial charge in [-0.25, -0.2) is 0 Å². The van der Waals surface area contributed by atoms with Gasteiger partial charge in [0.25, 0.3) is 0 Å². The molecule has 0 aliphatic rings. The van der Waals surface area contributed by atoms with Crippen LogP contribution in [0.15, 0.2) is 72.8 Å². The van der Waals surface area contributed by atoms with Crippen molar-refractivity contribution >= 4 is 5.78 Å². The lowest BCUT2D eigenvalue weighted by Crippen LogP contribution is -2.00. The fourth-order valence-corrected chi connectivity index (χ4v) is 2.73. The summed E-state index contributed by atoms with van der Waals surface area (Å²) in [6.45, 7) is 0. The summed E-state index contributed by atoms with van der Waals surface area (Å²) < 4.78 is 10.9. The largest absolute Gasteiger partial charge is 0.493 e. The van der Waals surface area contributed by atoms with E-state index in [9.17, 15) is 4.79 Å². The summed E-state index contributed by atoms with van der Waals surface area (Å²) in [6, 6.07) is 22.4. The highest BCUT2D eigenvalue weighted by Gasteiger charge is 2.16. The third kappa shape index (κ3) is 3.60. The normalized spacial score (nSPS) is 9.77. The Morgan fingerprint density at radius 2 is 1.46 bits per heavy atom. The van der Waals surface area contributed by atoms with Crippen LogP contribution in [-0.2, 0) is 0 Å². The predicted octanol–water partition coefficient (Wildman–Crippen LogP) is 4.61. The van der Waals surface area contributed by atoms with Crippen molar-refractivity contribution in [1.29, 1.82) is 0 Å². The first-order chi connectivity index (χ1) is 12.7. The number of benzene rings is 3. The molecule has 0 aliphatic heterocycles. The number of carbonyl (C=O) groups excluding carboxylic acids is 1. The number of hydrogen-bond donors (Lipinski definition) is 0. The smallest absolute Gasteiger partial charge is 0.236 e. The summed E-state index contributed by atoms with van der Waals surface area (Å²) in [4.78, 5) is 12.7. The minimum absolute atomic E-state index is 0.241. The number of methoxy groups -OCH3 is 2. The number of ketones is 1. The van der Waals surface area contributed by atoms with Crippen LogP contribution in [0.1, 0.15) is 15.9 Å². The summed E-state index contributed by atoms with van der Waals surface area (Å²) >= 11 is 0. The van der Waals surface area contributed by atoms with Crippen LogP contribution in [0.25, 0.3) is 11.1 Å². The second-order valence-corrected chi connectivity index (χ2v) is 5.53. The van der Waals surface area contributed by atoms with Gasteiger partial charge in [0.2, 0.25) is 5.78 Å². The highest BCUT2D eigenvalue weighted by molar-refractivity contribution is 6.13. The zero-order valence-electron chi connectivity index (χ0n) is 14.7. The zero-order valence-corrected chi connectivity index (χ0v) is 14.7. The van der Waals surface area contributed by atoms with Gasteiger partial charge in [-0.15, -0.1) is 0 Å². The van der Waals surface area contributed by atoms with Crippen molar-refractivity contribution in [2.24, 2.45) is 0 Å². The van der Waals surface area contributed by atoms with Crippen LogP contribution < -0.4 is 9.47 Å². The molecule has 0 radical (unpaired) electrons. The lowest BCUT2D eigenvalue weighted by atomic mass is 9.96. The molecule has 0 unspecified atom stereocenters. The molecule has 0 saturated heterocycles. The molecule has 3 heteroatoms. The first kappa shape index (κ1) is 17.3. The Kier molecular flexibility index (Phi) is 5.36. The average Bonchev–Trinajstić information content (AvgIpc) is 2.72. The number of carbonyl (C=O) groups is 1. The van der Waals surface area contributed by atoms with Crippen molar-refractivity contribution in [1.82, 2.24) is 0 Å². The van der Waals surface area contributed by atoms with E-state index in [4.69, 9.17) is 9.47 Å². The van der Waals surface area contributed by atoms with Gasteiger partial charge in [0.05, 0.1) is 14.2 Å². The lowest BCUT2D eigenvalue weighted by molar-refractivity contribution is 0.105. The second-order valence-electron chi connectivity index (χ2n) is 5.53. The van der Waals surface area contributed by atoms with Gasteiger partial charge in [0.15, 0.2) is 11.5 Å². The molecule has 0 heterocycles. The molecule has 3 aromatic carbocycles. The van der Waals surface area contributed by atoms with E-state index in [1.54, 1.807) is 20.3 Å². The van der Waals surface area contributed by atoms with Gasteiger partial charge in [0, 0.05) is 16.7 Å². The van der Waals surface area contributed by atoms with Crippen LogP contribution in [0.5, 0.6) is 11.5 Å². The molecule has 0 N–H and O–H groups in total. The van der Waals surface area contributed by atoms with Crippen LogP contribution in [0.4, 0.5) is 0 Å². The Labute approximate surface area is 153 Å². The van der Waals surface area contributed by atoms with Crippen LogP contribution in [-0.4, -0.2) is 20.0 Å². The maximum absolute atomic E-state index is 12.7. The van der Waals surface area contributed by atoms with Gasteiger partial charge >= 0.3 is 0 Å². The van der Waals surface area contributed by atoms with Gasteiger partial charge < -0.3 is 9.47 Å². The first-order valence-corrected chi connectivity index (χ1v) is 8.16. The number of rotatable bonds is 4. The summed E-state index contributed by atoms with van der Waals surface area (Å²) in [5.41, 5.74) is 2.88. The van der Waals surface area contributed by atoms with Crippen molar-refractivity contribution in [3.63, 3.8) is 0 Å². The van der Waals surface area contributed by atoms with E-state index < -0.39 is 0 Å². The molecule has 0 aliphatic carbocycles. The molecule has 0 aromatic heterocycles. The van der Waals surface area contributed by atoms with Crippen molar-refractivity contribution in [2.45, 2.75) is 0 Å². The van der Waals surface area contributed by atoms with Crippen LogP contribution in [0, 0.1) is 11.8 Å². The molecule has 3 rings (SSSR count). The summed E-state index contributed by atoms with van der Waals surface area (Å²) in [5, 5.41) is 0. The van der Waals surface area contributed by atoms with Gasteiger partial charge in [-0.1, -0.05) is 54.5 Å². The number of Topliss-reactive ketones (excluding diaryl/α,β-unsaturated/α-hetero) is 1. The summed E-state index contributed by atoms with van der Waals surface area (Å²) in [5.74, 6) is 6.61. The van der Waals surface area contributed by atoms with E-state index in [0.717, 1.165) is 16.7 Å². The van der Waals surface area contributed by atoms with Gasteiger partial charge in [-0.3, -0.25) is 4.79 Å². The minimum Gasteiger partial charge on any atom is -0.493 e. The molecule has 128 valence electrons. The molecule has 0 amide bonds. The van der Waals surface area contributed by atoms with E-state index in [-0.39, 0.29) is 5.78 Å². The molecule has 0 saturated carbocycles. The maximum atomic E-state index is 12.7. The second kappa shape index (κ2) is 8.04. The monoisotopic (exact) mass is 342 g/mol. The Hall–Kier alpha value is -3.51. The average molecular weight is 342 g/mol. The van der Waals surface area contributed by atoms with Gasteiger partial charge in [-0.2, -0.15) is 0 Å². The predicted molar refractivity (Wildman–Crippen MR) is 103 cm³/mol. The van der Waals surface area contributed by atoms with Crippen LogP contribution >= 0.6 is 0 Å². The van der Waals surface area contributed by atoms with Crippen LogP contribution in [0.3, 0.4) is 0 Å². The fraction of sp³-hybridized carbons (Fsp3) is 0.0870. The van der Waals surface area contributed by atoms with Gasteiger partial charge in [-0.05, 0) is 35.7 Å². The lowest BCUT2D eigenvalue weighted by Gasteiger charge is -2.14. The van der Waals surface area contributed by atoms with E-state index in [2.05, 4.69) is 11.8 Å². The Bertz CT molecular complexity index is 979. The number of para-hydroxylation sites is 1. The minimum atomic E-state index is -0.241. The molecule has 3 aromatic rings. The molecule has 26 heavy (non-hydrogen) atoms. The number of hydrogen-bond acceptors (Lipinski definition) is 3. The molecular weight excluding hydrogens is 324 g/mol. The van der Waals surface area contributed by atoms with Crippen LogP contribution in [0.2, 0.25) is 0 Å². The number of ether oxygens (including phenoxy) is 2. The third-order valence-electron chi connectivity index (χ3n) is 3.96. The molecule has 3 nitrogen and oxygen atoms in total.